The molecule has 0 radical (unpaired) electrons. The molecule has 1 aromatic carbocycles. The van der Waals surface area contributed by atoms with Crippen LogP contribution in [0.5, 0.6) is 0 Å². The van der Waals surface area contributed by atoms with Crippen molar-refractivity contribution in [1.82, 2.24) is 15.1 Å². The number of hydrogen-bond acceptors (Lipinski definition) is 5. The maximum absolute atomic E-state index is 9.10. The van der Waals surface area contributed by atoms with Gasteiger partial charge in [-0.1, -0.05) is 23.2 Å². The zero-order valence-corrected chi connectivity index (χ0v) is 12.8. The van der Waals surface area contributed by atoms with Crippen LogP contribution in [0.3, 0.4) is 0 Å². The van der Waals surface area contributed by atoms with Crippen molar-refractivity contribution in [3.63, 3.8) is 0 Å². The number of aliphatic hydroxyl groups excluding tert-OH is 1. The van der Waals surface area contributed by atoms with Crippen LogP contribution in [0.1, 0.15) is 18.7 Å². The fourth-order valence-corrected chi connectivity index (χ4v) is 2.71. The minimum absolute atomic E-state index is 0.126. The second-order valence-corrected chi connectivity index (χ2v) is 5.89. The maximum Gasteiger partial charge on any atom is 0.249 e. The van der Waals surface area contributed by atoms with E-state index >= 15 is 0 Å². The molecule has 0 bridgehead atoms. The van der Waals surface area contributed by atoms with Gasteiger partial charge in [-0.2, -0.15) is 0 Å². The summed E-state index contributed by atoms with van der Waals surface area (Å²) in [4.78, 5) is 2.15. The summed E-state index contributed by atoms with van der Waals surface area (Å²) >= 11 is 12.0. The highest BCUT2D eigenvalue weighted by Gasteiger charge is 2.29. The first-order chi connectivity index (χ1) is 10.2. The third-order valence-corrected chi connectivity index (χ3v) is 3.97. The van der Waals surface area contributed by atoms with Gasteiger partial charge >= 0.3 is 0 Å². The van der Waals surface area contributed by atoms with E-state index in [-0.39, 0.29) is 6.61 Å². The molecule has 1 aromatic heterocycles. The van der Waals surface area contributed by atoms with Gasteiger partial charge in [-0.15, -0.1) is 10.2 Å². The summed E-state index contributed by atoms with van der Waals surface area (Å²) in [6.07, 6.45) is 2.31. The second-order valence-electron chi connectivity index (χ2n) is 5.05. The molecular formula is C14H15Cl2N3O2. The Morgan fingerprint density at radius 3 is 2.76 bits per heavy atom. The van der Waals surface area contributed by atoms with Crippen molar-refractivity contribution in [2.24, 2.45) is 0 Å². The smallest absolute Gasteiger partial charge is 0.249 e. The minimum Gasteiger partial charge on any atom is -0.419 e. The lowest BCUT2D eigenvalue weighted by molar-refractivity contribution is 0.172. The predicted molar refractivity (Wildman–Crippen MR) is 80.3 cm³/mol. The summed E-state index contributed by atoms with van der Waals surface area (Å²) in [7, 11) is 0. The van der Waals surface area contributed by atoms with Crippen molar-refractivity contribution in [1.29, 1.82) is 0 Å². The molecule has 1 aliphatic rings. The van der Waals surface area contributed by atoms with Gasteiger partial charge in [-0.05, 0) is 31.0 Å². The van der Waals surface area contributed by atoms with Crippen LogP contribution in [-0.2, 0) is 6.54 Å². The molecule has 21 heavy (non-hydrogen) atoms. The summed E-state index contributed by atoms with van der Waals surface area (Å²) in [5.41, 5.74) is 0.667. The van der Waals surface area contributed by atoms with Crippen molar-refractivity contribution in [2.45, 2.75) is 25.4 Å². The molecule has 5 nitrogen and oxygen atoms in total. The molecule has 0 saturated heterocycles. The monoisotopic (exact) mass is 327 g/mol. The molecule has 1 saturated carbocycles. The van der Waals surface area contributed by atoms with E-state index in [1.54, 1.807) is 18.2 Å². The van der Waals surface area contributed by atoms with Crippen molar-refractivity contribution in [3.8, 4) is 11.5 Å². The van der Waals surface area contributed by atoms with Gasteiger partial charge in [0.05, 0.1) is 23.7 Å². The van der Waals surface area contributed by atoms with E-state index in [4.69, 9.17) is 32.7 Å². The Hall–Kier alpha value is -1.14. The van der Waals surface area contributed by atoms with Gasteiger partial charge in [-0.3, -0.25) is 4.90 Å². The Bertz CT molecular complexity index is 628. The standard InChI is InChI=1S/C14H15Cl2N3O2/c15-9-1-4-11(12(16)7-9)14-18-17-13(21-14)8-19(5-6-20)10-2-3-10/h1,4,7,10,20H,2-3,5-6,8H2. The van der Waals surface area contributed by atoms with Crippen molar-refractivity contribution in [3.05, 3.63) is 34.1 Å². The molecule has 1 fully saturated rings. The Kier molecular flexibility index (Phi) is 4.45. The molecule has 1 heterocycles. The molecule has 3 rings (SSSR count). The number of aliphatic hydroxyl groups is 1. The first-order valence-electron chi connectivity index (χ1n) is 6.80. The van der Waals surface area contributed by atoms with Gasteiger partial charge < -0.3 is 9.52 Å². The van der Waals surface area contributed by atoms with Crippen LogP contribution in [0.25, 0.3) is 11.5 Å². The number of rotatable bonds is 6. The zero-order valence-electron chi connectivity index (χ0n) is 11.3. The highest BCUT2D eigenvalue weighted by molar-refractivity contribution is 6.36. The SMILES string of the molecule is OCCN(Cc1nnc(-c2ccc(Cl)cc2Cl)o1)C1CC1. The molecular weight excluding hydrogens is 313 g/mol. The summed E-state index contributed by atoms with van der Waals surface area (Å²) in [6, 6.07) is 5.65. The van der Waals surface area contributed by atoms with Gasteiger partial charge in [-0.25, -0.2) is 0 Å². The summed E-state index contributed by atoms with van der Waals surface area (Å²) in [5, 5.41) is 18.2. The first-order valence-corrected chi connectivity index (χ1v) is 7.55. The maximum atomic E-state index is 9.10. The molecule has 1 aliphatic carbocycles. The Morgan fingerprint density at radius 2 is 2.10 bits per heavy atom. The van der Waals surface area contributed by atoms with E-state index < -0.39 is 0 Å². The van der Waals surface area contributed by atoms with Crippen LogP contribution in [0, 0.1) is 0 Å². The molecule has 0 aliphatic heterocycles. The van der Waals surface area contributed by atoms with Crippen LogP contribution in [0.2, 0.25) is 10.0 Å². The van der Waals surface area contributed by atoms with E-state index in [2.05, 4.69) is 15.1 Å². The van der Waals surface area contributed by atoms with Crippen molar-refractivity contribution >= 4 is 23.2 Å². The van der Waals surface area contributed by atoms with E-state index in [1.807, 2.05) is 0 Å². The lowest BCUT2D eigenvalue weighted by atomic mass is 10.2. The van der Waals surface area contributed by atoms with Gasteiger partial charge in [0.1, 0.15) is 0 Å². The topological polar surface area (TPSA) is 62.4 Å². The summed E-state index contributed by atoms with van der Waals surface area (Å²) in [5.74, 6) is 0.905. The molecule has 0 spiro atoms. The van der Waals surface area contributed by atoms with Crippen molar-refractivity contribution in [2.75, 3.05) is 13.2 Å². The van der Waals surface area contributed by atoms with Gasteiger partial charge in [0.2, 0.25) is 11.8 Å². The van der Waals surface area contributed by atoms with E-state index in [9.17, 15) is 0 Å². The number of nitrogens with zero attached hydrogens (tertiary/aromatic N) is 3. The third kappa shape index (κ3) is 3.55. The zero-order chi connectivity index (χ0) is 14.8. The first kappa shape index (κ1) is 14.8. The largest absolute Gasteiger partial charge is 0.419 e. The van der Waals surface area contributed by atoms with Crippen LogP contribution in [-0.4, -0.2) is 39.4 Å². The molecule has 112 valence electrons. The van der Waals surface area contributed by atoms with Crippen LogP contribution in [0.4, 0.5) is 0 Å². The second kappa shape index (κ2) is 6.32. The number of halogens is 2. The molecule has 1 N–H and O–H groups in total. The van der Waals surface area contributed by atoms with Crippen LogP contribution < -0.4 is 0 Å². The highest BCUT2D eigenvalue weighted by atomic mass is 35.5. The minimum atomic E-state index is 0.126. The lowest BCUT2D eigenvalue weighted by Crippen LogP contribution is -2.28. The fraction of sp³-hybridized carbons (Fsp3) is 0.429. The van der Waals surface area contributed by atoms with Gasteiger partial charge in [0.25, 0.3) is 0 Å². The summed E-state index contributed by atoms with van der Waals surface area (Å²) in [6.45, 7) is 1.29. The van der Waals surface area contributed by atoms with Crippen LogP contribution >= 0.6 is 23.2 Å². The number of aromatic nitrogens is 2. The average Bonchev–Trinajstić information content (AvgIpc) is 3.19. The van der Waals surface area contributed by atoms with Gasteiger partial charge in [0, 0.05) is 17.6 Å². The Balaban J connectivity index is 1.76. The van der Waals surface area contributed by atoms with Crippen molar-refractivity contribution < 1.29 is 9.52 Å². The van der Waals surface area contributed by atoms with E-state index in [0.717, 1.165) is 12.8 Å². The van der Waals surface area contributed by atoms with Crippen LogP contribution in [0.15, 0.2) is 22.6 Å². The summed E-state index contributed by atoms with van der Waals surface area (Å²) < 4.78 is 5.67. The fourth-order valence-electron chi connectivity index (χ4n) is 2.22. The molecule has 0 amide bonds. The molecule has 0 atom stereocenters. The molecule has 2 aromatic rings. The van der Waals surface area contributed by atoms with E-state index in [0.29, 0.717) is 46.5 Å². The number of benzene rings is 1. The third-order valence-electron chi connectivity index (χ3n) is 3.42. The quantitative estimate of drug-likeness (QED) is 0.883. The highest BCUT2D eigenvalue weighted by Crippen LogP contribution is 2.31. The Morgan fingerprint density at radius 1 is 1.29 bits per heavy atom. The van der Waals surface area contributed by atoms with E-state index in [1.165, 1.54) is 0 Å². The number of hydrogen-bond donors (Lipinski definition) is 1. The normalized spacial score (nSPS) is 14.9. The lowest BCUT2D eigenvalue weighted by Gasteiger charge is -2.17. The Labute approximate surface area is 132 Å². The molecule has 0 unspecified atom stereocenters. The molecule has 7 heteroatoms. The van der Waals surface area contributed by atoms with Gasteiger partial charge in [0.15, 0.2) is 0 Å². The predicted octanol–water partition coefficient (Wildman–Crippen LogP) is 3.00. The average molecular weight is 328 g/mol.